The van der Waals surface area contributed by atoms with E-state index in [4.69, 9.17) is 0 Å². The lowest BCUT2D eigenvalue weighted by molar-refractivity contribution is 0.0213. The van der Waals surface area contributed by atoms with Crippen LogP contribution in [0, 0.1) is 0 Å². The average molecular weight is 443 g/mol. The highest BCUT2D eigenvalue weighted by Gasteiger charge is 2.44. The largest absolute Gasteiger partial charge is 0.508 e. The van der Waals surface area contributed by atoms with Crippen LogP contribution in [0.3, 0.4) is 0 Å². The minimum Gasteiger partial charge on any atom is -0.508 e. The monoisotopic (exact) mass is 442 g/mol. The quantitative estimate of drug-likeness (QED) is 0.408. The zero-order valence-electron chi connectivity index (χ0n) is 19.2. The number of phenolic OH excluding ortho intramolecular Hbond substituents is 3. The molecule has 4 N–H and O–H groups in total. The van der Waals surface area contributed by atoms with Crippen molar-refractivity contribution in [2.24, 2.45) is 0 Å². The van der Waals surface area contributed by atoms with E-state index >= 15 is 0 Å². The molecule has 3 aromatic carbocycles. The zero-order chi connectivity index (χ0) is 23.9. The standard InChI is InChI=1S/C29H30O4/c1-27(2,20-4-10-24(30)11-5-20)29(33)18-16-23(17-19-29)28(3,21-6-12-25(31)13-7-21)22-8-14-26(32)15-9-22/h4-18,30-33H,19H2,1-3H3. The van der Waals surface area contributed by atoms with Gasteiger partial charge in [0.25, 0.3) is 0 Å². The van der Waals surface area contributed by atoms with Crippen LogP contribution in [0.1, 0.15) is 43.9 Å². The van der Waals surface area contributed by atoms with E-state index in [-0.39, 0.29) is 17.2 Å². The SMILES string of the molecule is CC(C1=CCC(O)(C(C)(C)c2ccc(O)cc2)C=C1)(c1ccc(O)cc1)c1ccc(O)cc1. The third-order valence-corrected chi connectivity index (χ3v) is 7.31. The van der Waals surface area contributed by atoms with Crippen molar-refractivity contribution in [2.75, 3.05) is 0 Å². The molecule has 1 aliphatic carbocycles. The summed E-state index contributed by atoms with van der Waals surface area (Å²) in [5, 5.41) is 40.9. The molecule has 0 amide bonds. The maximum absolute atomic E-state index is 11.7. The smallest absolute Gasteiger partial charge is 0.115 e. The van der Waals surface area contributed by atoms with Gasteiger partial charge in [-0.05, 0) is 72.0 Å². The molecule has 1 unspecified atom stereocenters. The molecule has 0 radical (unpaired) electrons. The topological polar surface area (TPSA) is 80.9 Å². The minimum absolute atomic E-state index is 0.196. The fourth-order valence-electron chi connectivity index (χ4n) is 4.68. The van der Waals surface area contributed by atoms with E-state index in [9.17, 15) is 20.4 Å². The second-order valence-corrected chi connectivity index (χ2v) is 9.51. The number of hydrogen-bond acceptors (Lipinski definition) is 4. The summed E-state index contributed by atoms with van der Waals surface area (Å²) in [6.07, 6.45) is 6.33. The normalized spacial score (nSPS) is 18.7. The van der Waals surface area contributed by atoms with Gasteiger partial charge in [-0.3, -0.25) is 0 Å². The summed E-state index contributed by atoms with van der Waals surface area (Å²) in [6.45, 7) is 6.11. The fourth-order valence-corrected chi connectivity index (χ4v) is 4.68. The molecule has 3 aromatic rings. The summed E-state index contributed by atoms with van der Waals surface area (Å²) < 4.78 is 0. The lowest BCUT2D eigenvalue weighted by atomic mass is 9.63. The molecule has 0 bridgehead atoms. The van der Waals surface area contributed by atoms with E-state index < -0.39 is 16.4 Å². The number of allylic oxidation sites excluding steroid dienone is 2. The first-order valence-electron chi connectivity index (χ1n) is 11.1. The fraction of sp³-hybridized carbons (Fsp3) is 0.241. The van der Waals surface area contributed by atoms with Gasteiger partial charge in [0.2, 0.25) is 0 Å². The molecule has 0 aliphatic heterocycles. The molecule has 33 heavy (non-hydrogen) atoms. The Morgan fingerprint density at radius 3 is 1.39 bits per heavy atom. The van der Waals surface area contributed by atoms with Crippen molar-refractivity contribution in [1.82, 2.24) is 0 Å². The van der Waals surface area contributed by atoms with Crippen molar-refractivity contribution in [1.29, 1.82) is 0 Å². The van der Waals surface area contributed by atoms with Crippen LogP contribution in [0.25, 0.3) is 0 Å². The van der Waals surface area contributed by atoms with E-state index in [1.54, 1.807) is 36.4 Å². The van der Waals surface area contributed by atoms with Crippen LogP contribution in [-0.2, 0) is 10.8 Å². The Labute approximate surface area is 194 Å². The van der Waals surface area contributed by atoms with Crippen LogP contribution < -0.4 is 0 Å². The van der Waals surface area contributed by atoms with Gasteiger partial charge in [0, 0.05) is 10.8 Å². The van der Waals surface area contributed by atoms with Crippen LogP contribution in [-0.4, -0.2) is 26.0 Å². The van der Waals surface area contributed by atoms with Gasteiger partial charge < -0.3 is 20.4 Å². The Morgan fingerprint density at radius 1 is 0.636 bits per heavy atom. The van der Waals surface area contributed by atoms with Crippen LogP contribution in [0.2, 0.25) is 0 Å². The molecular formula is C29H30O4. The van der Waals surface area contributed by atoms with Crippen LogP contribution in [0.15, 0.2) is 96.6 Å². The summed E-state index contributed by atoms with van der Waals surface area (Å²) in [4.78, 5) is 0. The Morgan fingerprint density at radius 2 is 1.03 bits per heavy atom. The molecule has 4 nitrogen and oxygen atoms in total. The number of hydrogen-bond donors (Lipinski definition) is 4. The number of rotatable bonds is 5. The van der Waals surface area contributed by atoms with Gasteiger partial charge in [0.15, 0.2) is 0 Å². The first-order chi connectivity index (χ1) is 15.6. The first kappa shape index (κ1) is 22.7. The van der Waals surface area contributed by atoms with Gasteiger partial charge in [0.05, 0.1) is 5.60 Å². The molecule has 170 valence electrons. The third kappa shape index (κ3) is 3.91. The van der Waals surface area contributed by atoms with Crippen molar-refractivity contribution in [3.63, 3.8) is 0 Å². The maximum Gasteiger partial charge on any atom is 0.115 e. The van der Waals surface area contributed by atoms with E-state index in [1.165, 1.54) is 0 Å². The Balaban J connectivity index is 1.75. The van der Waals surface area contributed by atoms with Crippen LogP contribution in [0.4, 0.5) is 0 Å². The van der Waals surface area contributed by atoms with Crippen LogP contribution >= 0.6 is 0 Å². The van der Waals surface area contributed by atoms with Crippen molar-refractivity contribution in [3.8, 4) is 17.2 Å². The molecule has 0 fully saturated rings. The molecule has 0 heterocycles. The van der Waals surface area contributed by atoms with Gasteiger partial charge >= 0.3 is 0 Å². The second-order valence-electron chi connectivity index (χ2n) is 9.51. The van der Waals surface area contributed by atoms with Gasteiger partial charge in [0.1, 0.15) is 17.2 Å². The highest BCUT2D eigenvalue weighted by Crippen LogP contribution is 2.46. The van der Waals surface area contributed by atoms with Crippen LogP contribution in [0.5, 0.6) is 17.2 Å². The number of aromatic hydroxyl groups is 3. The van der Waals surface area contributed by atoms with Crippen molar-refractivity contribution in [2.45, 2.75) is 43.6 Å². The van der Waals surface area contributed by atoms with Gasteiger partial charge in [-0.2, -0.15) is 0 Å². The van der Waals surface area contributed by atoms with Crippen molar-refractivity contribution in [3.05, 3.63) is 113 Å². The molecule has 1 aliphatic rings. The van der Waals surface area contributed by atoms with Crippen molar-refractivity contribution >= 4 is 0 Å². The van der Waals surface area contributed by atoms with E-state index in [0.717, 1.165) is 22.3 Å². The highest BCUT2D eigenvalue weighted by molar-refractivity contribution is 5.54. The van der Waals surface area contributed by atoms with Gasteiger partial charge in [-0.15, -0.1) is 0 Å². The van der Waals surface area contributed by atoms with Crippen molar-refractivity contribution < 1.29 is 20.4 Å². The molecule has 0 aromatic heterocycles. The molecule has 0 saturated heterocycles. The molecule has 4 rings (SSSR count). The lowest BCUT2D eigenvalue weighted by Crippen LogP contribution is -2.47. The summed E-state index contributed by atoms with van der Waals surface area (Å²) in [5.74, 6) is 0.594. The summed E-state index contributed by atoms with van der Waals surface area (Å²) in [5.41, 5.74) is 1.68. The van der Waals surface area contributed by atoms with E-state index in [1.807, 2.05) is 62.4 Å². The summed E-state index contributed by atoms with van der Waals surface area (Å²) >= 11 is 0. The average Bonchev–Trinajstić information content (AvgIpc) is 2.80. The van der Waals surface area contributed by atoms with Gasteiger partial charge in [-0.25, -0.2) is 0 Å². The molecular weight excluding hydrogens is 412 g/mol. The first-order valence-corrected chi connectivity index (χ1v) is 11.1. The number of phenols is 3. The zero-order valence-corrected chi connectivity index (χ0v) is 19.2. The summed E-state index contributed by atoms with van der Waals surface area (Å²) in [6, 6.07) is 21.3. The predicted octanol–water partition coefficient (Wildman–Crippen LogP) is 5.70. The Hall–Kier alpha value is -3.50. The number of aliphatic hydroxyl groups is 1. The molecule has 4 heteroatoms. The Bertz CT molecular complexity index is 1140. The molecule has 0 saturated carbocycles. The third-order valence-electron chi connectivity index (χ3n) is 7.31. The maximum atomic E-state index is 11.7. The Kier molecular flexibility index (Phi) is 5.59. The highest BCUT2D eigenvalue weighted by atomic mass is 16.3. The van der Waals surface area contributed by atoms with E-state index in [0.29, 0.717) is 6.42 Å². The van der Waals surface area contributed by atoms with Gasteiger partial charge in [-0.1, -0.05) is 68.5 Å². The molecule has 1 atom stereocenters. The minimum atomic E-state index is -1.11. The predicted molar refractivity (Wildman–Crippen MR) is 131 cm³/mol. The second kappa shape index (κ2) is 8.13. The van der Waals surface area contributed by atoms with E-state index in [2.05, 4.69) is 13.0 Å². The summed E-state index contributed by atoms with van der Waals surface area (Å²) in [7, 11) is 0. The molecule has 0 spiro atoms. The lowest BCUT2D eigenvalue weighted by Gasteiger charge is -2.44. The number of benzene rings is 3.